The van der Waals surface area contributed by atoms with E-state index in [2.05, 4.69) is 30.3 Å². The summed E-state index contributed by atoms with van der Waals surface area (Å²) in [4.78, 5) is 10.5. The first-order chi connectivity index (χ1) is 6.81. The first-order valence-electron chi connectivity index (χ1n) is 5.02. The molecule has 1 nitrogen and oxygen atoms in total. The van der Waals surface area contributed by atoms with Gasteiger partial charge in [0, 0.05) is 5.92 Å². The van der Waals surface area contributed by atoms with Crippen molar-refractivity contribution in [1.82, 2.24) is 0 Å². The quantitative estimate of drug-likeness (QED) is 0.512. The smallest absolute Gasteiger partial charge is 0.145 e. The maximum atomic E-state index is 10.5. The van der Waals surface area contributed by atoms with Crippen LogP contribution < -0.4 is 0 Å². The second-order valence-electron chi connectivity index (χ2n) is 3.87. The molecule has 0 amide bonds. The molecule has 0 N–H and O–H groups in total. The molecule has 72 valence electrons. The van der Waals surface area contributed by atoms with Crippen LogP contribution in [0.25, 0.3) is 0 Å². The third kappa shape index (κ3) is 1.63. The molecule has 0 fully saturated rings. The fraction of sp³-hybridized carbons (Fsp3) is 0.308. The van der Waals surface area contributed by atoms with Crippen LogP contribution in [-0.2, 0) is 11.2 Å². The first kappa shape index (κ1) is 9.20. The van der Waals surface area contributed by atoms with E-state index in [1.54, 1.807) is 0 Å². The molecule has 1 aliphatic carbocycles. The predicted molar refractivity (Wildman–Crippen MR) is 57.3 cm³/mol. The zero-order chi connectivity index (χ0) is 9.97. The molecule has 0 aromatic heterocycles. The third-order valence-electron chi connectivity index (χ3n) is 2.83. The molecule has 0 bridgehead atoms. The van der Waals surface area contributed by atoms with E-state index in [0.29, 0.717) is 5.92 Å². The summed E-state index contributed by atoms with van der Waals surface area (Å²) in [5.41, 5.74) is 3.67. The van der Waals surface area contributed by atoms with Crippen molar-refractivity contribution in [3.05, 3.63) is 47.0 Å². The molecular formula is C13H14O. The largest absolute Gasteiger partial charge is 0.298 e. The van der Waals surface area contributed by atoms with Gasteiger partial charge in [0.05, 0.1) is 0 Å². The van der Waals surface area contributed by atoms with Crippen LogP contribution >= 0.6 is 0 Å². The van der Waals surface area contributed by atoms with E-state index < -0.39 is 0 Å². The minimum Gasteiger partial charge on any atom is -0.298 e. The van der Waals surface area contributed by atoms with Crippen molar-refractivity contribution in [3.63, 3.8) is 0 Å². The number of benzene rings is 1. The van der Waals surface area contributed by atoms with Gasteiger partial charge in [-0.3, -0.25) is 4.79 Å². The maximum absolute atomic E-state index is 10.5. The maximum Gasteiger partial charge on any atom is 0.145 e. The Hall–Kier alpha value is -1.37. The van der Waals surface area contributed by atoms with Gasteiger partial charge in [0.25, 0.3) is 0 Å². The Morgan fingerprint density at radius 1 is 1.43 bits per heavy atom. The number of aryl methyl sites for hydroxylation is 1. The number of aldehydes is 1. The average Bonchev–Trinajstić information content (AvgIpc) is 2.62. The van der Waals surface area contributed by atoms with Crippen molar-refractivity contribution < 1.29 is 4.79 Å². The van der Waals surface area contributed by atoms with E-state index in [1.807, 2.05) is 6.92 Å². The predicted octanol–water partition coefficient (Wildman–Crippen LogP) is 2.86. The van der Waals surface area contributed by atoms with Crippen LogP contribution in [-0.4, -0.2) is 6.29 Å². The Kier molecular flexibility index (Phi) is 2.49. The summed E-state index contributed by atoms with van der Waals surface area (Å²) in [6, 6.07) is 8.50. The molecule has 1 heteroatoms. The molecule has 0 heterocycles. The van der Waals surface area contributed by atoms with Gasteiger partial charge in [0.15, 0.2) is 0 Å². The highest BCUT2D eigenvalue weighted by Gasteiger charge is 2.19. The van der Waals surface area contributed by atoms with Crippen LogP contribution in [0.1, 0.15) is 30.4 Å². The SMILES string of the molecule is C/C(C=O)=C\C1CCc2ccccc21. The van der Waals surface area contributed by atoms with Gasteiger partial charge in [0.1, 0.15) is 6.29 Å². The number of rotatable bonds is 2. The molecule has 0 spiro atoms. The van der Waals surface area contributed by atoms with E-state index in [4.69, 9.17) is 0 Å². The van der Waals surface area contributed by atoms with E-state index >= 15 is 0 Å². The van der Waals surface area contributed by atoms with Gasteiger partial charge in [-0.2, -0.15) is 0 Å². The van der Waals surface area contributed by atoms with Crippen LogP contribution in [0.4, 0.5) is 0 Å². The van der Waals surface area contributed by atoms with Crippen LogP contribution in [0.3, 0.4) is 0 Å². The number of carbonyl (C=O) groups excluding carboxylic acids is 1. The number of hydrogen-bond acceptors (Lipinski definition) is 1. The van der Waals surface area contributed by atoms with Gasteiger partial charge in [-0.25, -0.2) is 0 Å². The molecule has 1 aliphatic rings. The van der Waals surface area contributed by atoms with E-state index in [9.17, 15) is 4.79 Å². The van der Waals surface area contributed by atoms with Gasteiger partial charge in [-0.1, -0.05) is 30.3 Å². The third-order valence-corrected chi connectivity index (χ3v) is 2.83. The Morgan fingerprint density at radius 2 is 2.21 bits per heavy atom. The molecule has 0 radical (unpaired) electrons. The summed E-state index contributed by atoms with van der Waals surface area (Å²) >= 11 is 0. The minimum atomic E-state index is 0.455. The number of hydrogen-bond donors (Lipinski definition) is 0. The lowest BCUT2D eigenvalue weighted by Gasteiger charge is -2.05. The van der Waals surface area contributed by atoms with Crippen LogP contribution in [0.2, 0.25) is 0 Å². The summed E-state index contributed by atoms with van der Waals surface area (Å²) in [7, 11) is 0. The second-order valence-corrected chi connectivity index (χ2v) is 3.87. The Labute approximate surface area is 84.5 Å². The second kappa shape index (κ2) is 3.79. The number of carbonyl (C=O) groups is 1. The summed E-state index contributed by atoms with van der Waals surface area (Å²) in [5, 5.41) is 0. The summed E-state index contributed by atoms with van der Waals surface area (Å²) in [6.07, 6.45) is 5.30. The van der Waals surface area contributed by atoms with Gasteiger partial charge in [-0.15, -0.1) is 0 Å². The summed E-state index contributed by atoms with van der Waals surface area (Å²) in [6.45, 7) is 1.87. The zero-order valence-corrected chi connectivity index (χ0v) is 8.36. The van der Waals surface area contributed by atoms with Gasteiger partial charge >= 0.3 is 0 Å². The number of allylic oxidation sites excluding steroid dienone is 2. The zero-order valence-electron chi connectivity index (χ0n) is 8.36. The standard InChI is InChI=1S/C13H14O/c1-10(9-14)8-12-7-6-11-4-2-3-5-13(11)12/h2-5,8-9,12H,6-7H2,1H3/b10-8+. The molecule has 14 heavy (non-hydrogen) atoms. The average molecular weight is 186 g/mol. The van der Waals surface area contributed by atoms with Gasteiger partial charge < -0.3 is 0 Å². The topological polar surface area (TPSA) is 17.1 Å². The molecule has 1 aromatic rings. The highest BCUT2D eigenvalue weighted by molar-refractivity contribution is 5.72. The monoisotopic (exact) mass is 186 g/mol. The lowest BCUT2D eigenvalue weighted by Crippen LogP contribution is -1.90. The Bertz CT molecular complexity index is 377. The normalized spacial score (nSPS) is 20.6. The highest BCUT2D eigenvalue weighted by atomic mass is 16.1. The molecular weight excluding hydrogens is 172 g/mol. The van der Waals surface area contributed by atoms with Crippen molar-refractivity contribution in [3.8, 4) is 0 Å². The number of fused-ring (bicyclic) bond motifs is 1. The van der Waals surface area contributed by atoms with Crippen LogP contribution in [0.5, 0.6) is 0 Å². The first-order valence-corrected chi connectivity index (χ1v) is 5.02. The molecule has 1 unspecified atom stereocenters. The van der Waals surface area contributed by atoms with Gasteiger partial charge in [-0.05, 0) is 36.5 Å². The minimum absolute atomic E-state index is 0.455. The van der Waals surface area contributed by atoms with Crippen molar-refractivity contribution in [1.29, 1.82) is 0 Å². The van der Waals surface area contributed by atoms with E-state index in [-0.39, 0.29) is 0 Å². The van der Waals surface area contributed by atoms with Crippen molar-refractivity contribution in [2.45, 2.75) is 25.7 Å². The van der Waals surface area contributed by atoms with E-state index in [1.165, 1.54) is 11.1 Å². The molecule has 0 saturated carbocycles. The molecule has 0 aliphatic heterocycles. The lowest BCUT2D eigenvalue weighted by molar-refractivity contribution is -0.104. The summed E-state index contributed by atoms with van der Waals surface area (Å²) < 4.78 is 0. The van der Waals surface area contributed by atoms with Crippen molar-refractivity contribution in [2.75, 3.05) is 0 Å². The fourth-order valence-electron chi connectivity index (χ4n) is 2.12. The Morgan fingerprint density at radius 3 is 3.00 bits per heavy atom. The van der Waals surface area contributed by atoms with Crippen LogP contribution in [0.15, 0.2) is 35.9 Å². The molecule has 2 rings (SSSR count). The summed E-state index contributed by atoms with van der Waals surface area (Å²) in [5.74, 6) is 0.455. The van der Waals surface area contributed by atoms with Crippen LogP contribution in [0, 0.1) is 0 Å². The Balaban J connectivity index is 2.30. The molecule has 1 aromatic carbocycles. The highest BCUT2D eigenvalue weighted by Crippen LogP contribution is 2.34. The van der Waals surface area contributed by atoms with Gasteiger partial charge in [0.2, 0.25) is 0 Å². The van der Waals surface area contributed by atoms with Crippen molar-refractivity contribution >= 4 is 6.29 Å². The van der Waals surface area contributed by atoms with Crippen molar-refractivity contribution in [2.24, 2.45) is 0 Å². The molecule has 0 saturated heterocycles. The van der Waals surface area contributed by atoms with E-state index in [0.717, 1.165) is 24.7 Å². The lowest BCUT2D eigenvalue weighted by atomic mass is 9.99. The fourth-order valence-corrected chi connectivity index (χ4v) is 2.12. The molecule has 1 atom stereocenters.